The molecule has 0 bridgehead atoms. The number of hydrogen-bond acceptors (Lipinski definition) is 5. The van der Waals surface area contributed by atoms with Crippen LogP contribution in [-0.2, 0) is 22.4 Å². The van der Waals surface area contributed by atoms with E-state index in [2.05, 4.69) is 10.3 Å². The topological polar surface area (TPSA) is 71.5 Å². The molecule has 1 atom stereocenters. The quantitative estimate of drug-likeness (QED) is 0.670. The summed E-state index contributed by atoms with van der Waals surface area (Å²) in [4.78, 5) is 32.0. The molecule has 3 rings (SSSR count). The van der Waals surface area contributed by atoms with Crippen molar-refractivity contribution in [2.75, 3.05) is 25.0 Å². The highest BCUT2D eigenvalue weighted by Gasteiger charge is 2.29. The van der Waals surface area contributed by atoms with Crippen LogP contribution in [0.5, 0.6) is 0 Å². The maximum atomic E-state index is 12.5. The lowest BCUT2D eigenvalue weighted by molar-refractivity contribution is -0.149. The van der Waals surface area contributed by atoms with Gasteiger partial charge < -0.3 is 9.64 Å². The summed E-state index contributed by atoms with van der Waals surface area (Å²) >= 11 is 1.59. The number of rotatable bonds is 3. The fraction of sp³-hybridized carbons (Fsp3) is 0.706. The summed E-state index contributed by atoms with van der Waals surface area (Å²) in [5, 5.41) is 3.61. The number of amides is 2. The Morgan fingerprint density at radius 2 is 2.12 bits per heavy atom. The summed E-state index contributed by atoms with van der Waals surface area (Å²) < 4.78 is 5.09. The second-order valence-electron chi connectivity index (χ2n) is 6.42. The monoisotopic (exact) mass is 351 g/mol. The molecule has 0 unspecified atom stereocenters. The molecular formula is C17H25N3O3S. The number of hydrogen-bond donors (Lipinski definition) is 1. The molecule has 1 saturated heterocycles. The summed E-state index contributed by atoms with van der Waals surface area (Å²) in [6, 6.07) is -0.159. The Hall–Kier alpha value is -1.63. The first-order valence-corrected chi connectivity index (χ1v) is 9.70. The van der Waals surface area contributed by atoms with Crippen LogP contribution in [0.4, 0.5) is 9.93 Å². The normalized spacial score (nSPS) is 20.9. The van der Waals surface area contributed by atoms with Crippen LogP contribution in [-0.4, -0.2) is 41.6 Å². The molecule has 1 N–H and O–H groups in total. The molecule has 1 fully saturated rings. The number of urea groups is 1. The predicted molar refractivity (Wildman–Crippen MR) is 93.3 cm³/mol. The highest BCUT2D eigenvalue weighted by Crippen LogP contribution is 2.29. The number of thiazole rings is 1. The Morgan fingerprint density at radius 1 is 1.29 bits per heavy atom. The van der Waals surface area contributed by atoms with Gasteiger partial charge in [0.05, 0.1) is 18.2 Å². The average Bonchev–Trinajstić information content (AvgIpc) is 2.83. The fourth-order valence-corrected chi connectivity index (χ4v) is 4.41. The van der Waals surface area contributed by atoms with Gasteiger partial charge >= 0.3 is 12.0 Å². The second-order valence-corrected chi connectivity index (χ2v) is 7.50. The van der Waals surface area contributed by atoms with Gasteiger partial charge in [-0.3, -0.25) is 10.1 Å². The van der Waals surface area contributed by atoms with E-state index in [1.165, 1.54) is 24.1 Å². The number of carbonyl (C=O) groups is 2. The largest absolute Gasteiger partial charge is 0.466 e. The van der Waals surface area contributed by atoms with Gasteiger partial charge in [-0.1, -0.05) is 6.42 Å². The standard InChI is InChI=1S/C17H25N3O3S/c1-2-23-15(21)12-7-6-10-20(11-12)17(22)19-16-18-13-8-4-3-5-9-14(13)24-16/h12H,2-11H2,1H3,(H,18,19,22)/t12-/m0/s1. The molecular weight excluding hydrogens is 326 g/mol. The maximum absolute atomic E-state index is 12.5. The second kappa shape index (κ2) is 7.96. The van der Waals surface area contributed by atoms with Gasteiger partial charge in [0.2, 0.25) is 0 Å². The zero-order chi connectivity index (χ0) is 16.9. The van der Waals surface area contributed by atoms with Crippen LogP contribution in [0.25, 0.3) is 0 Å². The van der Waals surface area contributed by atoms with Gasteiger partial charge in [0, 0.05) is 18.0 Å². The third-order valence-corrected chi connectivity index (χ3v) is 5.71. The molecule has 0 saturated carbocycles. The minimum absolute atomic E-state index is 0.159. The summed E-state index contributed by atoms with van der Waals surface area (Å²) in [5.74, 6) is -0.409. The molecule has 1 aromatic heterocycles. The van der Waals surface area contributed by atoms with Crippen molar-refractivity contribution in [3.05, 3.63) is 10.6 Å². The third-order valence-electron chi connectivity index (χ3n) is 4.64. The number of fused-ring (bicyclic) bond motifs is 1. The van der Waals surface area contributed by atoms with Gasteiger partial charge in [-0.25, -0.2) is 9.78 Å². The van der Waals surface area contributed by atoms with Crippen molar-refractivity contribution in [1.29, 1.82) is 0 Å². The van der Waals surface area contributed by atoms with Crippen LogP contribution in [0.3, 0.4) is 0 Å². The van der Waals surface area contributed by atoms with E-state index in [1.807, 2.05) is 0 Å². The Labute approximate surface area is 146 Å². The molecule has 1 aromatic rings. The Bertz CT molecular complexity index is 578. The lowest BCUT2D eigenvalue weighted by Gasteiger charge is -2.31. The molecule has 2 amide bonds. The van der Waals surface area contributed by atoms with E-state index < -0.39 is 0 Å². The summed E-state index contributed by atoms with van der Waals surface area (Å²) in [5.41, 5.74) is 1.15. The van der Waals surface area contributed by atoms with E-state index in [9.17, 15) is 9.59 Å². The van der Waals surface area contributed by atoms with E-state index >= 15 is 0 Å². The average molecular weight is 351 g/mol. The van der Waals surface area contributed by atoms with Crippen LogP contribution in [0.2, 0.25) is 0 Å². The van der Waals surface area contributed by atoms with Crippen molar-refractivity contribution >= 4 is 28.5 Å². The van der Waals surface area contributed by atoms with E-state index in [1.54, 1.807) is 23.2 Å². The molecule has 1 aliphatic carbocycles. The molecule has 2 aliphatic rings. The first-order chi connectivity index (χ1) is 11.7. The molecule has 0 spiro atoms. The number of anilines is 1. The van der Waals surface area contributed by atoms with Crippen molar-refractivity contribution < 1.29 is 14.3 Å². The lowest BCUT2D eigenvalue weighted by atomic mass is 9.98. The zero-order valence-corrected chi connectivity index (χ0v) is 15.0. The first kappa shape index (κ1) is 17.2. The molecule has 132 valence electrons. The minimum Gasteiger partial charge on any atom is -0.466 e. The Kier molecular flexibility index (Phi) is 5.71. The molecule has 0 aromatic carbocycles. The van der Waals surface area contributed by atoms with Crippen LogP contribution >= 0.6 is 11.3 Å². The fourth-order valence-electron chi connectivity index (χ4n) is 3.37. The van der Waals surface area contributed by atoms with Crippen molar-refractivity contribution in [2.24, 2.45) is 5.92 Å². The van der Waals surface area contributed by atoms with Crippen LogP contribution in [0.15, 0.2) is 0 Å². The number of carbonyl (C=O) groups excluding carboxylic acids is 2. The molecule has 7 heteroatoms. The number of ether oxygens (including phenoxy) is 1. The lowest BCUT2D eigenvalue weighted by Crippen LogP contribution is -2.44. The SMILES string of the molecule is CCOC(=O)[C@H]1CCCN(C(=O)Nc2nc3c(s2)CCCCC3)C1. The number of nitrogens with zero attached hydrogens (tertiary/aromatic N) is 2. The Balaban J connectivity index is 1.59. The van der Waals surface area contributed by atoms with E-state index in [-0.39, 0.29) is 17.9 Å². The predicted octanol–water partition coefficient (Wildman–Crippen LogP) is 3.22. The smallest absolute Gasteiger partial charge is 0.323 e. The zero-order valence-electron chi connectivity index (χ0n) is 14.2. The number of esters is 1. The highest BCUT2D eigenvalue weighted by atomic mass is 32.1. The number of piperidine rings is 1. The van der Waals surface area contributed by atoms with Gasteiger partial charge in [-0.15, -0.1) is 11.3 Å². The first-order valence-electron chi connectivity index (χ1n) is 8.88. The van der Waals surface area contributed by atoms with Gasteiger partial charge in [0.1, 0.15) is 0 Å². The molecule has 6 nitrogen and oxygen atoms in total. The van der Waals surface area contributed by atoms with E-state index in [0.29, 0.717) is 24.8 Å². The number of nitrogens with one attached hydrogen (secondary N) is 1. The van der Waals surface area contributed by atoms with Crippen LogP contribution < -0.4 is 5.32 Å². The van der Waals surface area contributed by atoms with Gasteiger partial charge in [-0.05, 0) is 45.4 Å². The molecule has 24 heavy (non-hydrogen) atoms. The van der Waals surface area contributed by atoms with E-state index in [0.717, 1.165) is 31.4 Å². The van der Waals surface area contributed by atoms with Crippen LogP contribution in [0.1, 0.15) is 49.6 Å². The number of likely N-dealkylation sites (tertiary alicyclic amines) is 1. The van der Waals surface area contributed by atoms with Crippen molar-refractivity contribution in [2.45, 2.75) is 51.9 Å². The number of aromatic nitrogens is 1. The maximum Gasteiger partial charge on any atom is 0.323 e. The van der Waals surface area contributed by atoms with E-state index in [4.69, 9.17) is 4.74 Å². The summed E-state index contributed by atoms with van der Waals surface area (Å²) in [6.07, 6.45) is 7.33. The number of aryl methyl sites for hydroxylation is 2. The van der Waals surface area contributed by atoms with Crippen molar-refractivity contribution in [3.8, 4) is 0 Å². The molecule has 0 radical (unpaired) electrons. The summed E-state index contributed by atoms with van der Waals surface area (Å²) in [6.45, 7) is 3.28. The van der Waals surface area contributed by atoms with Crippen LogP contribution in [0, 0.1) is 5.92 Å². The third kappa shape index (κ3) is 4.06. The van der Waals surface area contributed by atoms with Gasteiger partial charge in [-0.2, -0.15) is 0 Å². The molecule has 2 heterocycles. The van der Waals surface area contributed by atoms with Crippen molar-refractivity contribution in [3.63, 3.8) is 0 Å². The molecule has 1 aliphatic heterocycles. The van der Waals surface area contributed by atoms with Gasteiger partial charge in [0.15, 0.2) is 5.13 Å². The minimum atomic E-state index is -0.211. The Morgan fingerprint density at radius 3 is 2.96 bits per heavy atom. The van der Waals surface area contributed by atoms with Gasteiger partial charge in [0.25, 0.3) is 0 Å². The van der Waals surface area contributed by atoms with Crippen molar-refractivity contribution in [1.82, 2.24) is 9.88 Å². The highest BCUT2D eigenvalue weighted by molar-refractivity contribution is 7.15. The summed E-state index contributed by atoms with van der Waals surface area (Å²) in [7, 11) is 0.